The third kappa shape index (κ3) is 1.59. The van der Waals surface area contributed by atoms with Crippen molar-refractivity contribution in [2.45, 2.75) is 30.1 Å². The Labute approximate surface area is 58.8 Å². The molecule has 0 saturated heterocycles. The zero-order valence-electron chi connectivity index (χ0n) is 4.65. The third-order valence-electron chi connectivity index (χ3n) is 1.63. The van der Waals surface area contributed by atoms with Crippen molar-refractivity contribution in [2.24, 2.45) is 5.92 Å². The molecule has 2 atom stereocenters. The normalized spacial score (nSPS) is 42.0. The predicted molar refractivity (Wildman–Crippen MR) is 40.8 cm³/mol. The Kier molecular flexibility index (Phi) is 1.95. The van der Waals surface area contributed by atoms with Crippen LogP contribution in [0.4, 0.5) is 0 Å². The minimum atomic E-state index is 0.993. The van der Waals surface area contributed by atoms with Gasteiger partial charge in [-0.05, 0) is 25.2 Å². The van der Waals surface area contributed by atoms with Crippen LogP contribution in [0.3, 0.4) is 0 Å². The number of halogens is 1. The van der Waals surface area contributed by atoms with Gasteiger partial charge >= 0.3 is 0 Å². The Bertz CT molecular complexity index is 53.2. The van der Waals surface area contributed by atoms with Crippen molar-refractivity contribution in [1.29, 1.82) is 0 Å². The molecule has 7 heavy (non-hydrogen) atoms. The second-order valence-corrected chi connectivity index (χ2v) is 4.28. The zero-order valence-corrected chi connectivity index (χ0v) is 6.81. The molecule has 0 N–H and O–H groups in total. The van der Waals surface area contributed by atoms with E-state index in [4.69, 9.17) is 0 Å². The van der Waals surface area contributed by atoms with Crippen LogP contribution in [0.25, 0.3) is 0 Å². The number of rotatable bonds is 0. The van der Waals surface area contributed by atoms with Crippen LogP contribution in [0, 0.1) is 5.92 Å². The number of alkyl halides is 1. The van der Waals surface area contributed by atoms with E-state index < -0.39 is 0 Å². The van der Waals surface area contributed by atoms with Gasteiger partial charge < -0.3 is 0 Å². The minimum absolute atomic E-state index is 0.993. The van der Waals surface area contributed by atoms with Gasteiger partial charge in [-0.15, -0.1) is 0 Å². The highest BCUT2D eigenvalue weighted by Crippen LogP contribution is 2.29. The Balaban J connectivity index is 2.26. The van der Waals surface area contributed by atoms with E-state index >= 15 is 0 Å². The van der Waals surface area contributed by atoms with Gasteiger partial charge in [-0.1, -0.05) is 29.5 Å². The van der Waals surface area contributed by atoms with Crippen LogP contribution in [-0.4, -0.2) is 3.92 Å². The Morgan fingerprint density at radius 3 is 2.29 bits per heavy atom. The van der Waals surface area contributed by atoms with E-state index in [0.29, 0.717) is 0 Å². The molecule has 0 spiro atoms. The van der Waals surface area contributed by atoms with Gasteiger partial charge in [-0.25, -0.2) is 0 Å². The summed E-state index contributed by atoms with van der Waals surface area (Å²) in [5.74, 6) is 1.02. The van der Waals surface area contributed by atoms with E-state index in [9.17, 15) is 0 Å². The highest BCUT2D eigenvalue weighted by Gasteiger charge is 2.17. The molecule has 0 aromatic rings. The van der Waals surface area contributed by atoms with Crippen LogP contribution < -0.4 is 0 Å². The molecule has 0 bridgehead atoms. The first-order chi connectivity index (χ1) is 3.29. The molecule has 1 rings (SSSR count). The molecule has 0 aliphatic heterocycles. The maximum atomic E-state index is 2.55. The molecule has 0 radical (unpaired) electrons. The molecular weight excluding hydrogens is 199 g/mol. The third-order valence-corrected chi connectivity index (χ3v) is 2.76. The maximum Gasteiger partial charge on any atom is 0.0112 e. The fourth-order valence-corrected chi connectivity index (χ4v) is 2.37. The van der Waals surface area contributed by atoms with Crippen LogP contribution >= 0.6 is 22.6 Å². The van der Waals surface area contributed by atoms with E-state index in [0.717, 1.165) is 9.84 Å². The lowest BCUT2D eigenvalue weighted by Crippen LogP contribution is -1.86. The second-order valence-electron chi connectivity index (χ2n) is 2.52. The lowest BCUT2D eigenvalue weighted by atomic mass is 10.2. The highest BCUT2D eigenvalue weighted by atomic mass is 127. The van der Waals surface area contributed by atoms with Gasteiger partial charge in [0.25, 0.3) is 0 Å². The summed E-state index contributed by atoms with van der Waals surface area (Å²) in [6.07, 6.45) is 4.38. The molecule has 1 aliphatic rings. The molecule has 0 heterocycles. The molecule has 0 aromatic heterocycles. The summed E-state index contributed by atoms with van der Waals surface area (Å²) < 4.78 is 0.993. The van der Waals surface area contributed by atoms with Crippen molar-refractivity contribution in [2.75, 3.05) is 0 Å². The number of hydrogen-bond acceptors (Lipinski definition) is 0. The van der Waals surface area contributed by atoms with Crippen LogP contribution in [0.1, 0.15) is 26.2 Å². The molecule has 1 saturated carbocycles. The van der Waals surface area contributed by atoms with Gasteiger partial charge in [0.1, 0.15) is 0 Å². The Morgan fingerprint density at radius 1 is 1.43 bits per heavy atom. The SMILES string of the molecule is CC1CC[C@@H](I)C1. The summed E-state index contributed by atoms with van der Waals surface area (Å²) >= 11 is 2.55. The monoisotopic (exact) mass is 210 g/mol. The summed E-state index contributed by atoms with van der Waals surface area (Å²) in [5.41, 5.74) is 0. The fraction of sp³-hybridized carbons (Fsp3) is 1.00. The predicted octanol–water partition coefficient (Wildman–Crippen LogP) is 2.61. The molecule has 1 aliphatic carbocycles. The quantitative estimate of drug-likeness (QED) is 0.425. The van der Waals surface area contributed by atoms with Gasteiger partial charge in [0.15, 0.2) is 0 Å². The number of hydrogen-bond donors (Lipinski definition) is 0. The van der Waals surface area contributed by atoms with Crippen molar-refractivity contribution in [3.8, 4) is 0 Å². The Hall–Kier alpha value is 0.730. The highest BCUT2D eigenvalue weighted by molar-refractivity contribution is 14.1. The van der Waals surface area contributed by atoms with Crippen molar-refractivity contribution in [3.63, 3.8) is 0 Å². The topological polar surface area (TPSA) is 0 Å². The first-order valence-electron chi connectivity index (χ1n) is 2.93. The van der Waals surface area contributed by atoms with Gasteiger partial charge in [0.2, 0.25) is 0 Å². The summed E-state index contributed by atoms with van der Waals surface area (Å²) in [6.45, 7) is 2.35. The maximum absolute atomic E-state index is 2.55. The fourth-order valence-electron chi connectivity index (χ4n) is 1.14. The van der Waals surface area contributed by atoms with E-state index in [2.05, 4.69) is 29.5 Å². The average Bonchev–Trinajstić information content (AvgIpc) is 1.87. The lowest BCUT2D eigenvalue weighted by Gasteiger charge is -1.94. The van der Waals surface area contributed by atoms with E-state index in [-0.39, 0.29) is 0 Å². The molecular formula is C6H11I. The van der Waals surface area contributed by atoms with Crippen molar-refractivity contribution in [1.82, 2.24) is 0 Å². The molecule has 1 heteroatoms. The largest absolute Gasteiger partial charge is 0.0826 e. The summed E-state index contributed by atoms with van der Waals surface area (Å²) in [6, 6.07) is 0. The smallest absolute Gasteiger partial charge is 0.0112 e. The first-order valence-corrected chi connectivity index (χ1v) is 4.17. The molecule has 0 aromatic carbocycles. The average molecular weight is 210 g/mol. The van der Waals surface area contributed by atoms with Gasteiger partial charge in [-0.3, -0.25) is 0 Å². The van der Waals surface area contributed by atoms with E-state index in [1.807, 2.05) is 0 Å². The van der Waals surface area contributed by atoms with Gasteiger partial charge in [0.05, 0.1) is 0 Å². The van der Waals surface area contributed by atoms with Crippen LogP contribution in [0.2, 0.25) is 0 Å². The molecule has 1 fully saturated rings. The molecule has 0 nitrogen and oxygen atoms in total. The van der Waals surface area contributed by atoms with Crippen LogP contribution in [-0.2, 0) is 0 Å². The summed E-state index contributed by atoms with van der Waals surface area (Å²) in [4.78, 5) is 0. The van der Waals surface area contributed by atoms with Crippen LogP contribution in [0.15, 0.2) is 0 Å². The van der Waals surface area contributed by atoms with Crippen molar-refractivity contribution >= 4 is 22.6 Å². The first kappa shape index (κ1) is 5.86. The standard InChI is InChI=1S/C6H11I/c1-5-2-3-6(7)4-5/h5-6H,2-4H2,1H3/t5?,6-/m1/s1. The Morgan fingerprint density at radius 2 is 2.14 bits per heavy atom. The van der Waals surface area contributed by atoms with E-state index in [1.54, 1.807) is 0 Å². The lowest BCUT2D eigenvalue weighted by molar-refractivity contribution is 0.615. The zero-order chi connectivity index (χ0) is 5.28. The second kappa shape index (κ2) is 2.33. The molecule has 1 unspecified atom stereocenters. The van der Waals surface area contributed by atoms with Crippen molar-refractivity contribution in [3.05, 3.63) is 0 Å². The van der Waals surface area contributed by atoms with Crippen LogP contribution in [0.5, 0.6) is 0 Å². The summed E-state index contributed by atoms with van der Waals surface area (Å²) in [7, 11) is 0. The van der Waals surface area contributed by atoms with Gasteiger partial charge in [-0.2, -0.15) is 0 Å². The molecule has 0 amide bonds. The minimum Gasteiger partial charge on any atom is -0.0826 e. The van der Waals surface area contributed by atoms with E-state index in [1.165, 1.54) is 19.3 Å². The summed E-state index contributed by atoms with van der Waals surface area (Å²) in [5, 5.41) is 0. The molecule has 42 valence electrons. The van der Waals surface area contributed by atoms with Gasteiger partial charge in [0, 0.05) is 3.92 Å². The van der Waals surface area contributed by atoms with Crippen molar-refractivity contribution < 1.29 is 0 Å².